The highest BCUT2D eigenvalue weighted by Crippen LogP contribution is 2.29. The van der Waals surface area contributed by atoms with E-state index in [9.17, 15) is 27.9 Å². The van der Waals surface area contributed by atoms with E-state index in [4.69, 9.17) is 11.6 Å². The van der Waals surface area contributed by atoms with Crippen LogP contribution < -0.4 is 11.6 Å². The van der Waals surface area contributed by atoms with E-state index < -0.39 is 35.7 Å². The van der Waals surface area contributed by atoms with Crippen molar-refractivity contribution in [3.05, 3.63) is 35.4 Å². The molecule has 0 aliphatic heterocycles. The van der Waals surface area contributed by atoms with Crippen molar-refractivity contribution >= 4 is 11.8 Å². The predicted octanol–water partition coefficient (Wildman–Crippen LogP) is 2.21. The highest BCUT2D eigenvalue weighted by atomic mass is 19.4. The van der Waals surface area contributed by atoms with Gasteiger partial charge in [-0.3, -0.25) is 9.59 Å². The summed E-state index contributed by atoms with van der Waals surface area (Å²) < 4.78 is 37.7. The van der Waals surface area contributed by atoms with E-state index >= 15 is 0 Å². The van der Waals surface area contributed by atoms with Crippen LogP contribution in [0.2, 0.25) is 0 Å². The number of aliphatic hydroxyl groups is 1. The lowest BCUT2D eigenvalue weighted by Crippen LogP contribution is -2.53. The molecule has 9 heteroatoms. The topological polar surface area (TPSA) is 110 Å². The second-order valence-corrected chi connectivity index (χ2v) is 6.94. The molecule has 1 aromatic rings. The van der Waals surface area contributed by atoms with Crippen LogP contribution in [0.15, 0.2) is 24.3 Å². The Morgan fingerprint density at radius 2 is 1.70 bits per heavy atom. The molecule has 1 aliphatic rings. The molecule has 5 N–H and O–H groups in total. The van der Waals surface area contributed by atoms with E-state index in [2.05, 4.69) is 0 Å². The first-order valence-corrected chi connectivity index (χ1v) is 8.85. The number of amides is 2. The Kier molecular flexibility index (Phi) is 6.96. The highest BCUT2D eigenvalue weighted by Gasteiger charge is 2.33. The number of carbonyl (C=O) groups excluding carboxylic acids is 2. The van der Waals surface area contributed by atoms with Crippen molar-refractivity contribution in [2.24, 2.45) is 17.5 Å². The van der Waals surface area contributed by atoms with Gasteiger partial charge in [0.1, 0.15) is 6.10 Å². The van der Waals surface area contributed by atoms with E-state index in [-0.39, 0.29) is 10.6 Å². The fourth-order valence-corrected chi connectivity index (χ4v) is 3.30. The largest absolute Gasteiger partial charge is 0.416 e. The number of nitrogens with two attached hydrogens (primary N) is 2. The third-order valence-electron chi connectivity index (χ3n) is 4.90. The number of carbonyl (C=O) groups is 2. The van der Waals surface area contributed by atoms with Gasteiger partial charge in [-0.25, -0.2) is 10.9 Å². The predicted molar refractivity (Wildman–Crippen MR) is 92.0 cm³/mol. The van der Waals surface area contributed by atoms with Gasteiger partial charge in [-0.05, 0) is 36.6 Å². The molecule has 1 fully saturated rings. The van der Waals surface area contributed by atoms with Crippen LogP contribution in [0.25, 0.3) is 0 Å². The van der Waals surface area contributed by atoms with Gasteiger partial charge in [0, 0.05) is 11.6 Å². The van der Waals surface area contributed by atoms with E-state index in [1.165, 1.54) is 0 Å². The molecule has 2 rings (SSSR count). The lowest BCUT2D eigenvalue weighted by Gasteiger charge is -2.28. The quantitative estimate of drug-likeness (QED) is 0.408. The Morgan fingerprint density at radius 1 is 1.15 bits per heavy atom. The number of imide groups is 1. The van der Waals surface area contributed by atoms with Gasteiger partial charge in [0.05, 0.1) is 5.56 Å². The average Bonchev–Trinajstić information content (AvgIpc) is 2.65. The summed E-state index contributed by atoms with van der Waals surface area (Å²) in [6.07, 6.45) is -0.483. The first-order valence-electron chi connectivity index (χ1n) is 8.85. The molecular weight excluding hydrogens is 363 g/mol. The van der Waals surface area contributed by atoms with Gasteiger partial charge in [-0.2, -0.15) is 13.2 Å². The minimum atomic E-state index is -4.54. The van der Waals surface area contributed by atoms with Gasteiger partial charge in [0.15, 0.2) is 0 Å². The molecule has 1 saturated carbocycles. The Labute approximate surface area is 155 Å². The van der Waals surface area contributed by atoms with Crippen LogP contribution in [0.5, 0.6) is 0 Å². The minimum Gasteiger partial charge on any atom is -0.382 e. The Morgan fingerprint density at radius 3 is 2.22 bits per heavy atom. The second-order valence-electron chi connectivity index (χ2n) is 6.94. The fraction of sp³-hybridized carbons (Fsp3) is 0.556. The maximum absolute atomic E-state index is 12.6. The Hall–Kier alpha value is -1.97. The van der Waals surface area contributed by atoms with Crippen molar-refractivity contribution in [1.82, 2.24) is 5.01 Å². The van der Waals surface area contributed by atoms with Crippen LogP contribution in [0.3, 0.4) is 0 Å². The Balaban J connectivity index is 1.98. The lowest BCUT2D eigenvalue weighted by atomic mass is 9.84. The molecule has 0 spiro atoms. The number of halogens is 3. The van der Waals surface area contributed by atoms with Gasteiger partial charge >= 0.3 is 6.18 Å². The maximum atomic E-state index is 12.6. The van der Waals surface area contributed by atoms with Gasteiger partial charge in [0.25, 0.3) is 11.8 Å². The summed E-state index contributed by atoms with van der Waals surface area (Å²) in [5.41, 5.74) is 4.77. The SMILES string of the molecule is N[C@H](CC1CCCCC1)C(O)C(=O)N(N)C(=O)c1ccc(C(F)(F)F)cc1. The maximum Gasteiger partial charge on any atom is 0.416 e. The zero-order chi connectivity index (χ0) is 20.2. The van der Waals surface area contributed by atoms with Crippen molar-refractivity contribution in [3.8, 4) is 0 Å². The van der Waals surface area contributed by atoms with Crippen molar-refractivity contribution in [3.63, 3.8) is 0 Å². The van der Waals surface area contributed by atoms with Gasteiger partial charge in [0.2, 0.25) is 0 Å². The van der Waals surface area contributed by atoms with E-state index in [0.717, 1.165) is 56.4 Å². The van der Waals surface area contributed by atoms with Crippen molar-refractivity contribution in [2.45, 2.75) is 56.8 Å². The number of rotatable bonds is 5. The van der Waals surface area contributed by atoms with Crippen LogP contribution in [-0.4, -0.2) is 34.1 Å². The van der Waals surface area contributed by atoms with Crippen molar-refractivity contribution in [1.29, 1.82) is 0 Å². The second kappa shape index (κ2) is 8.81. The molecule has 150 valence electrons. The first kappa shape index (κ1) is 21.3. The summed E-state index contributed by atoms with van der Waals surface area (Å²) in [6, 6.07) is 2.42. The molecule has 0 bridgehead atoms. The number of hydrogen-bond acceptors (Lipinski definition) is 5. The summed E-state index contributed by atoms with van der Waals surface area (Å²) in [4.78, 5) is 24.4. The number of aliphatic hydroxyl groups excluding tert-OH is 1. The molecule has 27 heavy (non-hydrogen) atoms. The van der Waals surface area contributed by atoms with Gasteiger partial charge in [-0.15, -0.1) is 0 Å². The van der Waals surface area contributed by atoms with E-state index in [1.54, 1.807) is 0 Å². The van der Waals surface area contributed by atoms with Gasteiger partial charge in [-0.1, -0.05) is 32.1 Å². The monoisotopic (exact) mass is 387 g/mol. The van der Waals surface area contributed by atoms with E-state index in [1.807, 2.05) is 0 Å². The first-order chi connectivity index (χ1) is 12.6. The van der Waals surface area contributed by atoms with Crippen LogP contribution >= 0.6 is 0 Å². The molecule has 0 aromatic heterocycles. The third-order valence-corrected chi connectivity index (χ3v) is 4.90. The molecule has 1 aliphatic carbocycles. The zero-order valence-electron chi connectivity index (χ0n) is 14.8. The molecule has 0 saturated heterocycles. The minimum absolute atomic E-state index is 0.202. The molecule has 1 aromatic carbocycles. The lowest BCUT2D eigenvalue weighted by molar-refractivity contribution is -0.139. The molecule has 6 nitrogen and oxygen atoms in total. The molecule has 2 atom stereocenters. The van der Waals surface area contributed by atoms with E-state index in [0.29, 0.717) is 12.3 Å². The number of hydrogen-bond donors (Lipinski definition) is 3. The average molecular weight is 387 g/mol. The highest BCUT2D eigenvalue weighted by molar-refractivity contribution is 6.05. The molecule has 0 radical (unpaired) electrons. The van der Waals surface area contributed by atoms with Crippen molar-refractivity contribution < 1.29 is 27.9 Å². The molecule has 1 unspecified atom stereocenters. The smallest absolute Gasteiger partial charge is 0.382 e. The summed E-state index contributed by atoms with van der Waals surface area (Å²) in [6.45, 7) is 0. The zero-order valence-corrected chi connectivity index (χ0v) is 14.8. The standard InChI is InChI=1S/C18H24F3N3O3/c19-18(20,21)13-8-6-12(7-9-13)16(26)24(23)17(27)15(25)14(22)10-11-4-2-1-3-5-11/h6-9,11,14-15,25H,1-5,10,22-23H2/t14-,15?/m1/s1. The third kappa shape index (κ3) is 5.50. The van der Waals surface area contributed by atoms with Crippen LogP contribution in [0.4, 0.5) is 13.2 Å². The van der Waals surface area contributed by atoms with Crippen molar-refractivity contribution in [2.75, 3.05) is 0 Å². The van der Waals surface area contributed by atoms with Crippen LogP contribution in [-0.2, 0) is 11.0 Å². The Bertz CT molecular complexity index is 658. The summed E-state index contributed by atoms with van der Waals surface area (Å²) >= 11 is 0. The number of benzene rings is 1. The van der Waals surface area contributed by atoms with Crippen LogP contribution in [0, 0.1) is 5.92 Å². The number of alkyl halides is 3. The summed E-state index contributed by atoms with van der Waals surface area (Å²) in [5, 5.41) is 10.3. The molecular formula is C18H24F3N3O3. The number of nitrogens with zero attached hydrogens (tertiary/aromatic N) is 1. The number of hydrazine groups is 1. The molecule has 2 amide bonds. The fourth-order valence-electron chi connectivity index (χ4n) is 3.30. The van der Waals surface area contributed by atoms with Gasteiger partial charge < -0.3 is 10.8 Å². The molecule has 0 heterocycles. The van der Waals surface area contributed by atoms with Crippen LogP contribution in [0.1, 0.15) is 54.4 Å². The summed E-state index contributed by atoms with van der Waals surface area (Å²) in [7, 11) is 0. The summed E-state index contributed by atoms with van der Waals surface area (Å²) in [5.74, 6) is 3.70. The normalized spacial score (nSPS) is 18.0.